The van der Waals surface area contributed by atoms with Gasteiger partial charge in [0.15, 0.2) is 10.8 Å². The highest BCUT2D eigenvalue weighted by Crippen LogP contribution is 2.23. The Hall–Kier alpha value is -1.86. The van der Waals surface area contributed by atoms with Gasteiger partial charge in [-0.15, -0.1) is 0 Å². The number of hydrogen-bond donors (Lipinski definition) is 1. The maximum Gasteiger partial charge on any atom is 0.261 e. The van der Waals surface area contributed by atoms with Crippen LogP contribution >= 0.6 is 15.9 Å². The molecule has 0 spiro atoms. The number of amides is 2. The Morgan fingerprint density at radius 1 is 1.26 bits per heavy atom. The Kier molecular flexibility index (Phi) is 5.23. The van der Waals surface area contributed by atoms with Crippen LogP contribution in [0.5, 0.6) is 0 Å². The number of fused-ring (bicyclic) bond motifs is 1. The summed E-state index contributed by atoms with van der Waals surface area (Å²) in [4.78, 5) is 29.3. The van der Waals surface area contributed by atoms with Gasteiger partial charge >= 0.3 is 0 Å². The molecule has 0 saturated carbocycles. The fourth-order valence-electron chi connectivity index (χ4n) is 3.96. The van der Waals surface area contributed by atoms with E-state index in [9.17, 15) is 9.59 Å². The summed E-state index contributed by atoms with van der Waals surface area (Å²) in [5.41, 5.74) is 3.33. The first-order valence-electron chi connectivity index (χ1n) is 9.42. The number of nitrogens with one attached hydrogen (secondary N) is 1. The predicted octanol–water partition coefficient (Wildman–Crippen LogP) is 2.03. The van der Waals surface area contributed by atoms with Crippen LogP contribution < -0.4 is 5.32 Å². The zero-order chi connectivity index (χ0) is 19.0. The van der Waals surface area contributed by atoms with E-state index in [0.29, 0.717) is 24.2 Å². The van der Waals surface area contributed by atoms with Gasteiger partial charge in [-0.25, -0.2) is 0 Å². The van der Waals surface area contributed by atoms with Crippen molar-refractivity contribution in [2.24, 2.45) is 0 Å². The van der Waals surface area contributed by atoms with Crippen molar-refractivity contribution < 1.29 is 14.3 Å². The smallest absolute Gasteiger partial charge is 0.261 e. The topological polar surface area (TPSA) is 61.9 Å². The second-order valence-electron chi connectivity index (χ2n) is 7.57. The summed E-state index contributed by atoms with van der Waals surface area (Å²) in [7, 11) is 2.12. The fraction of sp³-hybridized carbons (Fsp3) is 0.500. The number of ether oxygens (including phenoxy) is 1. The number of carbonyl (C=O) groups excluding carboxylic acids is 2. The minimum Gasteiger partial charge on any atom is -0.474 e. The lowest BCUT2D eigenvalue weighted by atomic mass is 9.97. The van der Waals surface area contributed by atoms with Gasteiger partial charge in [0.2, 0.25) is 0 Å². The molecule has 2 amide bonds. The Balaban J connectivity index is 1.35. The number of nitrogens with zero attached hydrogens (tertiary/aromatic N) is 2. The Morgan fingerprint density at radius 2 is 2.11 bits per heavy atom. The molecule has 0 aromatic heterocycles. The number of rotatable bonds is 3. The quantitative estimate of drug-likeness (QED) is 0.791. The highest BCUT2D eigenvalue weighted by molar-refractivity contribution is 9.11. The van der Waals surface area contributed by atoms with E-state index in [1.165, 1.54) is 11.1 Å². The number of likely N-dealkylation sites (tertiary alicyclic amines) is 1. The molecule has 1 unspecified atom stereocenters. The largest absolute Gasteiger partial charge is 0.474 e. The molecule has 7 heteroatoms. The van der Waals surface area contributed by atoms with Gasteiger partial charge in [-0.3, -0.25) is 9.59 Å². The van der Waals surface area contributed by atoms with Gasteiger partial charge in [-0.05, 0) is 65.2 Å². The first kappa shape index (κ1) is 18.5. The van der Waals surface area contributed by atoms with Crippen molar-refractivity contribution in [2.75, 3.05) is 26.7 Å². The molecule has 0 bridgehead atoms. The fourth-order valence-corrected chi connectivity index (χ4v) is 4.37. The molecule has 1 saturated heterocycles. The molecule has 3 aliphatic rings. The summed E-state index contributed by atoms with van der Waals surface area (Å²) in [6.45, 7) is 3.18. The third-order valence-electron chi connectivity index (χ3n) is 5.52. The maximum absolute atomic E-state index is 12.9. The standard InChI is InChI=1S/C20H24BrN3O3/c1-23-8-6-13-10-14(2-3-15(13)11-23)20(26)24-9-7-16(12-24)22-19(25)17-4-5-18(21)27-17/h2-3,5,10,16-17H,4,6-9,11-12H2,1H3,(H,22,25)/t16-,17?/m1/s1. The number of carbonyl (C=O) groups is 2. The summed E-state index contributed by atoms with van der Waals surface area (Å²) >= 11 is 3.25. The van der Waals surface area contributed by atoms with E-state index in [-0.39, 0.29) is 17.9 Å². The molecule has 1 N–H and O–H groups in total. The molecule has 27 heavy (non-hydrogen) atoms. The third kappa shape index (κ3) is 4.04. The highest BCUT2D eigenvalue weighted by atomic mass is 79.9. The van der Waals surface area contributed by atoms with Crippen LogP contribution in [0.4, 0.5) is 0 Å². The van der Waals surface area contributed by atoms with Crippen molar-refractivity contribution in [3.63, 3.8) is 0 Å². The summed E-state index contributed by atoms with van der Waals surface area (Å²) in [6, 6.07) is 6.04. The van der Waals surface area contributed by atoms with Gasteiger partial charge in [0.1, 0.15) is 0 Å². The molecule has 4 rings (SSSR count). The molecule has 1 fully saturated rings. The number of hydrogen-bond acceptors (Lipinski definition) is 4. The van der Waals surface area contributed by atoms with Crippen LogP contribution in [0.2, 0.25) is 0 Å². The molecular formula is C20H24BrN3O3. The van der Waals surface area contributed by atoms with Gasteiger partial charge in [0, 0.05) is 44.2 Å². The zero-order valence-electron chi connectivity index (χ0n) is 15.4. The van der Waals surface area contributed by atoms with Gasteiger partial charge in [0.05, 0.1) is 0 Å². The van der Waals surface area contributed by atoms with Gasteiger partial charge in [-0.1, -0.05) is 6.07 Å². The van der Waals surface area contributed by atoms with Gasteiger partial charge < -0.3 is 19.9 Å². The van der Waals surface area contributed by atoms with E-state index < -0.39 is 6.10 Å². The van der Waals surface area contributed by atoms with Crippen molar-refractivity contribution in [2.45, 2.75) is 38.0 Å². The second kappa shape index (κ2) is 7.64. The van der Waals surface area contributed by atoms with E-state index in [1.54, 1.807) is 0 Å². The molecule has 0 aliphatic carbocycles. The summed E-state index contributed by atoms with van der Waals surface area (Å²) < 4.78 is 6.03. The molecule has 2 atom stereocenters. The number of halogens is 1. The van der Waals surface area contributed by atoms with Crippen LogP contribution in [0.15, 0.2) is 28.9 Å². The molecule has 144 valence electrons. The lowest BCUT2D eigenvalue weighted by Gasteiger charge is -2.25. The summed E-state index contributed by atoms with van der Waals surface area (Å²) in [5, 5.41) is 3.01. The minimum atomic E-state index is -0.470. The monoisotopic (exact) mass is 433 g/mol. The summed E-state index contributed by atoms with van der Waals surface area (Å²) in [5.74, 6) is -0.0621. The van der Waals surface area contributed by atoms with Crippen molar-refractivity contribution in [3.05, 3.63) is 45.6 Å². The van der Waals surface area contributed by atoms with Crippen LogP contribution in [-0.2, 0) is 22.5 Å². The molecular weight excluding hydrogens is 410 g/mol. The van der Waals surface area contributed by atoms with Gasteiger partial charge in [0.25, 0.3) is 11.8 Å². The molecule has 3 aliphatic heterocycles. The summed E-state index contributed by atoms with van der Waals surface area (Å²) in [6.07, 6.45) is 3.71. The Morgan fingerprint density at radius 3 is 2.89 bits per heavy atom. The molecule has 0 radical (unpaired) electrons. The van der Waals surface area contributed by atoms with Crippen LogP contribution in [0.1, 0.15) is 34.3 Å². The molecule has 3 heterocycles. The van der Waals surface area contributed by atoms with Crippen LogP contribution in [0.3, 0.4) is 0 Å². The predicted molar refractivity (Wildman–Crippen MR) is 105 cm³/mol. The molecule has 1 aromatic carbocycles. The highest BCUT2D eigenvalue weighted by Gasteiger charge is 2.32. The van der Waals surface area contributed by atoms with E-state index in [1.807, 2.05) is 23.1 Å². The molecule has 6 nitrogen and oxygen atoms in total. The van der Waals surface area contributed by atoms with E-state index in [2.05, 4.69) is 39.3 Å². The second-order valence-corrected chi connectivity index (χ2v) is 8.35. The van der Waals surface area contributed by atoms with Crippen LogP contribution in [0.25, 0.3) is 0 Å². The Labute approximate surface area is 167 Å². The Bertz CT molecular complexity index is 795. The number of benzene rings is 1. The minimum absolute atomic E-state index is 0.0179. The van der Waals surface area contributed by atoms with Crippen molar-refractivity contribution in [1.82, 2.24) is 15.1 Å². The van der Waals surface area contributed by atoms with E-state index in [4.69, 9.17) is 4.74 Å². The average Bonchev–Trinajstić information content (AvgIpc) is 3.30. The number of likely N-dealkylation sites (N-methyl/N-ethyl adjacent to an activating group) is 1. The van der Waals surface area contributed by atoms with Gasteiger partial charge in [-0.2, -0.15) is 0 Å². The van der Waals surface area contributed by atoms with E-state index in [0.717, 1.165) is 31.5 Å². The normalized spacial score (nSPS) is 25.0. The average molecular weight is 434 g/mol. The van der Waals surface area contributed by atoms with E-state index >= 15 is 0 Å². The zero-order valence-corrected chi connectivity index (χ0v) is 17.0. The lowest BCUT2D eigenvalue weighted by molar-refractivity contribution is -0.129. The first-order chi connectivity index (χ1) is 13.0. The first-order valence-corrected chi connectivity index (χ1v) is 10.2. The van der Waals surface area contributed by atoms with Crippen molar-refractivity contribution in [3.8, 4) is 0 Å². The molecule has 1 aromatic rings. The third-order valence-corrected chi connectivity index (χ3v) is 6.03. The van der Waals surface area contributed by atoms with Crippen molar-refractivity contribution >= 4 is 27.7 Å². The lowest BCUT2D eigenvalue weighted by Crippen LogP contribution is -2.43. The SMILES string of the molecule is CN1CCc2cc(C(=O)N3CC[C@@H](NC(=O)C4CC=C(Br)O4)C3)ccc2C1. The van der Waals surface area contributed by atoms with Crippen LogP contribution in [0, 0.1) is 0 Å². The van der Waals surface area contributed by atoms with Crippen molar-refractivity contribution in [1.29, 1.82) is 0 Å². The maximum atomic E-state index is 12.9. The van der Waals surface area contributed by atoms with Crippen LogP contribution in [-0.4, -0.2) is 60.4 Å².